The largest absolute Gasteiger partial charge is 0.481 e. The lowest BCUT2D eigenvalue weighted by Crippen LogP contribution is -2.18. The predicted molar refractivity (Wildman–Crippen MR) is 78.2 cm³/mol. The molecule has 1 unspecified atom stereocenters. The van der Waals surface area contributed by atoms with Crippen LogP contribution in [0, 0.1) is 0 Å². The number of hydrogen-bond acceptors (Lipinski definition) is 3. The van der Waals surface area contributed by atoms with Crippen LogP contribution in [0.5, 0.6) is 0 Å². The van der Waals surface area contributed by atoms with E-state index >= 15 is 0 Å². The number of ether oxygens (including phenoxy) is 1. The molecule has 0 amide bonds. The molecule has 4 nitrogen and oxygen atoms in total. The first-order valence-corrected chi connectivity index (χ1v) is 6.66. The minimum atomic E-state index is -0.950. The maximum atomic E-state index is 12.5. The molecule has 0 saturated heterocycles. The van der Waals surface area contributed by atoms with E-state index in [0.29, 0.717) is 5.56 Å². The molecule has 0 heterocycles. The summed E-state index contributed by atoms with van der Waals surface area (Å²) in [6.07, 6.45) is -0.918. The molecule has 0 spiro atoms. The van der Waals surface area contributed by atoms with E-state index in [-0.39, 0.29) is 18.8 Å². The van der Waals surface area contributed by atoms with Crippen LogP contribution in [0.1, 0.15) is 28.4 Å². The SMILES string of the molecule is O=C(O)CCOC(C(=O)c1ccccc1)c1ccccc1. The summed E-state index contributed by atoms with van der Waals surface area (Å²) in [6, 6.07) is 17.9. The van der Waals surface area contributed by atoms with Gasteiger partial charge in [0.25, 0.3) is 0 Å². The molecule has 0 aliphatic carbocycles. The molecule has 2 rings (SSSR count). The fraction of sp³-hybridized carbons (Fsp3) is 0.176. The van der Waals surface area contributed by atoms with Crippen LogP contribution < -0.4 is 0 Å². The lowest BCUT2D eigenvalue weighted by atomic mass is 10.00. The van der Waals surface area contributed by atoms with Gasteiger partial charge in [-0.15, -0.1) is 0 Å². The second kappa shape index (κ2) is 7.36. The van der Waals surface area contributed by atoms with Gasteiger partial charge < -0.3 is 9.84 Å². The Balaban J connectivity index is 2.19. The summed E-state index contributed by atoms with van der Waals surface area (Å²) in [6.45, 7) is -0.00648. The third kappa shape index (κ3) is 4.26. The summed E-state index contributed by atoms with van der Waals surface area (Å²) >= 11 is 0. The van der Waals surface area contributed by atoms with E-state index in [1.165, 1.54) is 0 Å². The van der Waals surface area contributed by atoms with Gasteiger partial charge in [0.1, 0.15) is 6.10 Å². The van der Waals surface area contributed by atoms with Gasteiger partial charge in [0, 0.05) is 5.56 Å². The Bertz CT molecular complexity index is 593. The van der Waals surface area contributed by atoms with E-state index < -0.39 is 12.1 Å². The van der Waals surface area contributed by atoms with Gasteiger partial charge in [-0.05, 0) is 5.56 Å². The Morgan fingerprint density at radius 1 is 0.952 bits per heavy atom. The fourth-order valence-electron chi connectivity index (χ4n) is 1.97. The molecule has 0 aliphatic heterocycles. The Morgan fingerprint density at radius 2 is 1.52 bits per heavy atom. The molecule has 1 atom stereocenters. The molecule has 0 saturated carbocycles. The maximum absolute atomic E-state index is 12.5. The molecule has 0 fully saturated rings. The van der Waals surface area contributed by atoms with Crippen LogP contribution in [0.3, 0.4) is 0 Å². The first kappa shape index (κ1) is 14.9. The lowest BCUT2D eigenvalue weighted by molar-refractivity contribution is -0.138. The van der Waals surface area contributed by atoms with Crippen LogP contribution in [-0.4, -0.2) is 23.5 Å². The highest BCUT2D eigenvalue weighted by atomic mass is 16.5. The predicted octanol–water partition coefficient (Wildman–Crippen LogP) is 3.10. The number of carbonyl (C=O) groups is 2. The molecule has 0 radical (unpaired) electrons. The van der Waals surface area contributed by atoms with Crippen molar-refractivity contribution >= 4 is 11.8 Å². The van der Waals surface area contributed by atoms with Crippen molar-refractivity contribution in [3.8, 4) is 0 Å². The van der Waals surface area contributed by atoms with Crippen LogP contribution in [0.25, 0.3) is 0 Å². The van der Waals surface area contributed by atoms with Crippen LogP contribution >= 0.6 is 0 Å². The quantitative estimate of drug-likeness (QED) is 0.793. The zero-order valence-corrected chi connectivity index (χ0v) is 11.4. The van der Waals surface area contributed by atoms with E-state index in [4.69, 9.17) is 9.84 Å². The van der Waals surface area contributed by atoms with Crippen molar-refractivity contribution in [3.05, 3.63) is 71.8 Å². The topological polar surface area (TPSA) is 63.6 Å². The second-order valence-corrected chi connectivity index (χ2v) is 4.54. The lowest BCUT2D eigenvalue weighted by Gasteiger charge is -2.17. The molecule has 0 aromatic heterocycles. The van der Waals surface area contributed by atoms with E-state index in [0.717, 1.165) is 5.56 Å². The van der Waals surface area contributed by atoms with E-state index in [1.807, 2.05) is 24.3 Å². The summed E-state index contributed by atoms with van der Waals surface area (Å²) < 4.78 is 5.52. The number of carboxylic acid groups (broad SMARTS) is 1. The molecule has 21 heavy (non-hydrogen) atoms. The van der Waals surface area contributed by atoms with Crippen molar-refractivity contribution in [1.82, 2.24) is 0 Å². The van der Waals surface area contributed by atoms with Crippen molar-refractivity contribution in [3.63, 3.8) is 0 Å². The van der Waals surface area contributed by atoms with Crippen molar-refractivity contribution in [2.24, 2.45) is 0 Å². The third-order valence-electron chi connectivity index (χ3n) is 3.00. The highest BCUT2D eigenvalue weighted by Gasteiger charge is 2.22. The molecule has 1 N–H and O–H groups in total. The Morgan fingerprint density at radius 3 is 2.10 bits per heavy atom. The summed E-state index contributed by atoms with van der Waals surface area (Å²) in [4.78, 5) is 23.1. The van der Waals surface area contributed by atoms with Gasteiger partial charge >= 0.3 is 5.97 Å². The van der Waals surface area contributed by atoms with Crippen molar-refractivity contribution < 1.29 is 19.4 Å². The second-order valence-electron chi connectivity index (χ2n) is 4.54. The Labute approximate surface area is 123 Å². The maximum Gasteiger partial charge on any atom is 0.305 e. The van der Waals surface area contributed by atoms with Gasteiger partial charge in [-0.25, -0.2) is 0 Å². The standard InChI is InChI=1S/C17H16O4/c18-15(19)11-12-21-17(14-9-5-2-6-10-14)16(20)13-7-3-1-4-8-13/h1-10,17H,11-12H2,(H,18,19). The highest BCUT2D eigenvalue weighted by Crippen LogP contribution is 2.22. The van der Waals surface area contributed by atoms with E-state index in [1.54, 1.807) is 36.4 Å². The number of hydrogen-bond donors (Lipinski definition) is 1. The molecule has 0 bridgehead atoms. The van der Waals surface area contributed by atoms with Gasteiger partial charge in [0.05, 0.1) is 13.0 Å². The normalized spacial score (nSPS) is 11.8. The zero-order valence-electron chi connectivity index (χ0n) is 11.4. The number of aliphatic carboxylic acids is 1. The molecule has 108 valence electrons. The number of benzene rings is 2. The van der Waals surface area contributed by atoms with Crippen LogP contribution in [0.2, 0.25) is 0 Å². The minimum absolute atomic E-state index is 0.00648. The van der Waals surface area contributed by atoms with Gasteiger partial charge in [-0.2, -0.15) is 0 Å². The van der Waals surface area contributed by atoms with Gasteiger partial charge in [-0.1, -0.05) is 60.7 Å². The van der Waals surface area contributed by atoms with Crippen molar-refractivity contribution in [1.29, 1.82) is 0 Å². The third-order valence-corrected chi connectivity index (χ3v) is 3.00. The average molecular weight is 284 g/mol. The Kier molecular flexibility index (Phi) is 5.23. The summed E-state index contributed by atoms with van der Waals surface area (Å²) in [5.74, 6) is -1.12. The molecule has 4 heteroatoms. The first-order chi connectivity index (χ1) is 10.2. The van der Waals surface area contributed by atoms with Crippen LogP contribution in [0.15, 0.2) is 60.7 Å². The minimum Gasteiger partial charge on any atom is -0.481 e. The van der Waals surface area contributed by atoms with Crippen molar-refractivity contribution in [2.75, 3.05) is 6.61 Å². The number of rotatable bonds is 7. The molecule has 2 aromatic carbocycles. The van der Waals surface area contributed by atoms with Gasteiger partial charge in [0.15, 0.2) is 5.78 Å². The molecular formula is C17H16O4. The van der Waals surface area contributed by atoms with Gasteiger partial charge in [-0.3, -0.25) is 9.59 Å². The zero-order chi connectivity index (χ0) is 15.1. The van der Waals surface area contributed by atoms with Crippen molar-refractivity contribution in [2.45, 2.75) is 12.5 Å². The number of carboxylic acids is 1. The number of Topliss-reactive ketones (excluding diaryl/α,β-unsaturated/α-hetero) is 1. The Hall–Kier alpha value is -2.46. The highest BCUT2D eigenvalue weighted by molar-refractivity contribution is 6.00. The average Bonchev–Trinajstić information content (AvgIpc) is 2.52. The van der Waals surface area contributed by atoms with E-state index in [9.17, 15) is 9.59 Å². The summed E-state index contributed by atoms with van der Waals surface area (Å²) in [7, 11) is 0. The number of carbonyl (C=O) groups excluding carboxylic acids is 1. The monoisotopic (exact) mass is 284 g/mol. The summed E-state index contributed by atoms with van der Waals surface area (Å²) in [5.41, 5.74) is 1.26. The van der Waals surface area contributed by atoms with Crippen LogP contribution in [-0.2, 0) is 9.53 Å². The fourth-order valence-corrected chi connectivity index (χ4v) is 1.97. The molecule has 2 aromatic rings. The number of ketones is 1. The molecular weight excluding hydrogens is 268 g/mol. The van der Waals surface area contributed by atoms with Gasteiger partial charge in [0.2, 0.25) is 0 Å². The smallest absolute Gasteiger partial charge is 0.305 e. The summed E-state index contributed by atoms with van der Waals surface area (Å²) in [5, 5.41) is 8.69. The first-order valence-electron chi connectivity index (χ1n) is 6.66. The van der Waals surface area contributed by atoms with Crippen LogP contribution in [0.4, 0.5) is 0 Å². The molecule has 0 aliphatic rings. The van der Waals surface area contributed by atoms with E-state index in [2.05, 4.69) is 0 Å².